The van der Waals surface area contributed by atoms with Crippen LogP contribution in [-0.2, 0) is 9.53 Å². The number of hydrazone groups is 2. The summed E-state index contributed by atoms with van der Waals surface area (Å²) in [6, 6.07) is 11.2. The molecule has 3 rings (SSSR count). The van der Waals surface area contributed by atoms with E-state index >= 15 is 0 Å². The fourth-order valence-electron chi connectivity index (χ4n) is 4.00. The molecule has 1 aliphatic rings. The third-order valence-corrected chi connectivity index (χ3v) is 7.32. The molecule has 0 aromatic heterocycles. The van der Waals surface area contributed by atoms with Crippen molar-refractivity contribution >= 4 is 87.0 Å². The Labute approximate surface area is 283 Å². The van der Waals surface area contributed by atoms with Crippen LogP contribution < -0.4 is 32.8 Å². The lowest BCUT2D eigenvalue weighted by molar-refractivity contribution is -0.117. The van der Waals surface area contributed by atoms with Gasteiger partial charge in [0, 0.05) is 40.2 Å². The zero-order valence-electron chi connectivity index (χ0n) is 25.8. The SMILES string of the molecule is C=CCSC=NCC[C@H](NC(=O)/C=C/c1cc(Cl)ccc1N(N)/C=N\N)C1C=C(c2ccc(NC(=O)OC)cc2)C(Cl)=NN1.CC. The summed E-state index contributed by atoms with van der Waals surface area (Å²) in [5.41, 5.74) is 7.89. The average Bonchev–Trinajstić information content (AvgIpc) is 3.06. The van der Waals surface area contributed by atoms with Crippen molar-refractivity contribution in [3.8, 4) is 0 Å². The number of methoxy groups -OCH3 is 1. The first kappa shape index (κ1) is 37.9. The molecule has 15 heteroatoms. The molecule has 2 aromatic carbocycles. The number of ether oxygens (including phenoxy) is 1. The van der Waals surface area contributed by atoms with E-state index in [1.807, 2.05) is 19.9 Å². The summed E-state index contributed by atoms with van der Waals surface area (Å²) in [4.78, 5) is 29.1. The van der Waals surface area contributed by atoms with Crippen LogP contribution in [0.1, 0.15) is 31.4 Å². The van der Waals surface area contributed by atoms with Gasteiger partial charge in [-0.2, -0.15) is 10.2 Å². The van der Waals surface area contributed by atoms with E-state index in [4.69, 9.17) is 34.9 Å². The Hall–Kier alpha value is -4.30. The average molecular weight is 689 g/mol. The van der Waals surface area contributed by atoms with Crippen LogP contribution in [0.15, 0.2) is 82.5 Å². The van der Waals surface area contributed by atoms with Crippen LogP contribution in [-0.4, -0.2) is 60.5 Å². The van der Waals surface area contributed by atoms with E-state index in [2.05, 4.69) is 42.6 Å². The molecule has 246 valence electrons. The predicted molar refractivity (Wildman–Crippen MR) is 194 cm³/mol. The highest BCUT2D eigenvalue weighted by Gasteiger charge is 2.25. The van der Waals surface area contributed by atoms with Gasteiger partial charge in [-0.3, -0.25) is 25.5 Å². The molecule has 2 aromatic rings. The molecule has 0 fully saturated rings. The van der Waals surface area contributed by atoms with Crippen LogP contribution in [0.2, 0.25) is 5.02 Å². The van der Waals surface area contributed by atoms with Gasteiger partial charge in [-0.15, -0.1) is 18.3 Å². The fourth-order valence-corrected chi connectivity index (χ4v) is 4.83. The number of amides is 2. The van der Waals surface area contributed by atoms with Gasteiger partial charge in [-0.05, 0) is 54.5 Å². The van der Waals surface area contributed by atoms with Crippen molar-refractivity contribution < 1.29 is 14.3 Å². The van der Waals surface area contributed by atoms with Crippen molar-refractivity contribution in [2.45, 2.75) is 32.4 Å². The number of nitrogens with zero attached hydrogens (tertiary/aromatic N) is 4. The van der Waals surface area contributed by atoms with Crippen molar-refractivity contribution in [3.63, 3.8) is 0 Å². The second-order valence-corrected chi connectivity index (χ2v) is 10.7. The third kappa shape index (κ3) is 12.2. The number of benzene rings is 2. The van der Waals surface area contributed by atoms with E-state index in [1.54, 1.807) is 60.2 Å². The summed E-state index contributed by atoms with van der Waals surface area (Å²) < 4.78 is 4.64. The Morgan fingerprint density at radius 3 is 2.65 bits per heavy atom. The van der Waals surface area contributed by atoms with Crippen LogP contribution in [0, 0.1) is 0 Å². The Morgan fingerprint density at radius 2 is 1.98 bits per heavy atom. The van der Waals surface area contributed by atoms with E-state index in [0.717, 1.165) is 11.3 Å². The number of nitrogens with one attached hydrogen (secondary N) is 3. The number of hydrogen-bond donors (Lipinski definition) is 5. The van der Waals surface area contributed by atoms with Gasteiger partial charge in [-0.25, -0.2) is 10.6 Å². The molecule has 12 nitrogen and oxygen atoms in total. The van der Waals surface area contributed by atoms with Crippen LogP contribution in [0.5, 0.6) is 0 Å². The largest absolute Gasteiger partial charge is 0.453 e. The molecule has 2 atom stereocenters. The highest BCUT2D eigenvalue weighted by atomic mass is 35.5. The lowest BCUT2D eigenvalue weighted by Gasteiger charge is -2.28. The first-order chi connectivity index (χ1) is 22.2. The molecule has 46 heavy (non-hydrogen) atoms. The summed E-state index contributed by atoms with van der Waals surface area (Å²) in [5, 5.41) is 15.3. The Kier molecular flexibility index (Phi) is 17.0. The first-order valence-electron chi connectivity index (χ1n) is 14.2. The molecule has 2 amide bonds. The van der Waals surface area contributed by atoms with E-state index < -0.39 is 18.2 Å². The topological polar surface area (TPSA) is 172 Å². The number of aliphatic imine (C=N–C) groups is 1. The maximum Gasteiger partial charge on any atom is 0.411 e. The number of nitrogens with two attached hydrogens (primary N) is 2. The van der Waals surface area contributed by atoms with Gasteiger partial charge in [0.25, 0.3) is 0 Å². The minimum Gasteiger partial charge on any atom is -0.453 e. The maximum absolute atomic E-state index is 13.2. The van der Waals surface area contributed by atoms with Gasteiger partial charge in [0.05, 0.1) is 30.4 Å². The molecule has 0 spiro atoms. The second-order valence-electron chi connectivity index (χ2n) is 9.08. The molecule has 7 N–H and O–H groups in total. The molecule has 0 saturated heterocycles. The minimum atomic E-state index is -0.576. The fraction of sp³-hybridized carbons (Fsp3) is 0.258. The Balaban J connectivity index is 0.00000361. The Bertz CT molecular complexity index is 1460. The van der Waals surface area contributed by atoms with Crippen LogP contribution in [0.3, 0.4) is 0 Å². The highest BCUT2D eigenvalue weighted by Crippen LogP contribution is 2.26. The monoisotopic (exact) mass is 687 g/mol. The van der Waals surface area contributed by atoms with Crippen molar-refractivity contribution in [1.82, 2.24) is 10.7 Å². The van der Waals surface area contributed by atoms with E-state index in [9.17, 15) is 9.59 Å². The molecule has 0 aliphatic carbocycles. The summed E-state index contributed by atoms with van der Waals surface area (Å²) >= 11 is 14.2. The summed E-state index contributed by atoms with van der Waals surface area (Å²) in [6.07, 6.45) is 7.82. The predicted octanol–water partition coefficient (Wildman–Crippen LogP) is 5.57. The molecule has 0 saturated carbocycles. The van der Waals surface area contributed by atoms with Gasteiger partial charge >= 0.3 is 6.09 Å². The van der Waals surface area contributed by atoms with E-state index in [-0.39, 0.29) is 11.1 Å². The number of carbonyl (C=O) groups excluding carboxylic acids is 2. The van der Waals surface area contributed by atoms with Crippen LogP contribution in [0.25, 0.3) is 11.6 Å². The second kappa shape index (κ2) is 20.7. The normalized spacial score (nSPS) is 14.9. The van der Waals surface area contributed by atoms with Gasteiger partial charge in [0.15, 0.2) is 5.17 Å². The van der Waals surface area contributed by atoms with Crippen LogP contribution in [0.4, 0.5) is 16.2 Å². The molecular formula is C31H39Cl2N9O3S. The molecule has 1 unspecified atom stereocenters. The van der Waals surface area contributed by atoms with E-state index in [1.165, 1.54) is 36.3 Å². The highest BCUT2D eigenvalue weighted by molar-refractivity contribution is 8.12. The van der Waals surface area contributed by atoms with Crippen molar-refractivity contribution in [2.24, 2.45) is 26.9 Å². The van der Waals surface area contributed by atoms with Crippen molar-refractivity contribution in [1.29, 1.82) is 0 Å². The first-order valence-corrected chi connectivity index (χ1v) is 16.0. The third-order valence-electron chi connectivity index (χ3n) is 6.07. The quantitative estimate of drug-likeness (QED) is 0.0326. The smallest absolute Gasteiger partial charge is 0.411 e. The number of hydrazine groups is 1. The zero-order chi connectivity index (χ0) is 33.9. The van der Waals surface area contributed by atoms with Gasteiger partial charge in [0.1, 0.15) is 6.34 Å². The lowest BCUT2D eigenvalue weighted by Crippen LogP contribution is -2.49. The zero-order valence-corrected chi connectivity index (χ0v) is 28.1. The molecule has 0 radical (unpaired) electrons. The number of thioether (sulfide) groups is 1. The van der Waals surface area contributed by atoms with Gasteiger partial charge < -0.3 is 15.9 Å². The van der Waals surface area contributed by atoms with Gasteiger partial charge in [0.2, 0.25) is 5.91 Å². The van der Waals surface area contributed by atoms with Crippen molar-refractivity contribution in [2.75, 3.05) is 29.7 Å². The molecule has 0 bridgehead atoms. The Morgan fingerprint density at radius 1 is 1.24 bits per heavy atom. The number of anilines is 2. The maximum atomic E-state index is 13.2. The standard InChI is InChI=1S/C29H33Cl2N9O3S.C2H6/c1-3-14-44-18-34-13-12-24(37-27(41)11-6-20-15-21(30)7-10-26(20)40(33)17-35-32)25-16-23(28(31)39-38-25)19-4-8-22(9-5-19)36-29(42)43-2;1-2/h3-11,15-18,24-25,38H,1,12-14,32-33H2,2H3,(H,36,42)(H,37,41);1-2H3/b11-6+,34-18?,35-17-;/t24-,25?;/m0./s1. The number of halogens is 2. The van der Waals surface area contributed by atoms with Gasteiger partial charge in [-0.1, -0.05) is 55.3 Å². The van der Waals surface area contributed by atoms with Crippen LogP contribution >= 0.6 is 35.0 Å². The van der Waals surface area contributed by atoms with E-state index in [0.29, 0.717) is 40.5 Å². The number of allylic oxidation sites excluding steroid dienone is 1. The van der Waals surface area contributed by atoms with Crippen molar-refractivity contribution in [3.05, 3.63) is 83.4 Å². The summed E-state index contributed by atoms with van der Waals surface area (Å²) in [5.74, 6) is 11.6. The molecule has 1 aliphatic heterocycles. The number of hydrogen-bond acceptors (Lipinski definition) is 10. The lowest BCUT2D eigenvalue weighted by atomic mass is 9.97. The molecular weight excluding hydrogens is 649 g/mol. The number of carbonyl (C=O) groups is 2. The number of rotatable bonds is 14. The summed E-state index contributed by atoms with van der Waals surface area (Å²) in [7, 11) is 1.29. The molecule has 1 heterocycles. The minimum absolute atomic E-state index is 0.250. The summed E-state index contributed by atoms with van der Waals surface area (Å²) in [6.45, 7) is 8.15.